The SMILES string of the molecule is CCCCCC(=O)CNC(=O)COCCOCCCC(=O)[C@H](CCC(=O)O)NC(=O)CC[C@H](CC(=O)C1CCC(CNC(=O)CCCC(=O)O)CC1)C(=O)O. The van der Waals surface area contributed by atoms with Crippen LogP contribution >= 0.6 is 0 Å². The van der Waals surface area contributed by atoms with Crippen molar-refractivity contribution in [3.8, 4) is 0 Å². The predicted molar refractivity (Wildman–Crippen MR) is 197 cm³/mol. The van der Waals surface area contributed by atoms with E-state index in [-0.39, 0.29) is 126 Å². The number of Topliss-reactive ketones (excluding diaryl/α,β-unsaturated/α-hetero) is 3. The third kappa shape index (κ3) is 24.7. The van der Waals surface area contributed by atoms with Gasteiger partial charge in [0.05, 0.1) is 31.7 Å². The van der Waals surface area contributed by atoms with Crippen LogP contribution in [0.15, 0.2) is 0 Å². The van der Waals surface area contributed by atoms with Crippen LogP contribution in [0, 0.1) is 17.8 Å². The lowest BCUT2D eigenvalue weighted by atomic mass is 9.78. The summed E-state index contributed by atoms with van der Waals surface area (Å²) in [6, 6.07) is -1.10. The number of aliphatic carboxylic acids is 3. The lowest BCUT2D eigenvalue weighted by Crippen LogP contribution is -2.41. The van der Waals surface area contributed by atoms with Crippen LogP contribution in [0.2, 0.25) is 0 Å². The van der Waals surface area contributed by atoms with Gasteiger partial charge in [0.1, 0.15) is 12.4 Å². The lowest BCUT2D eigenvalue weighted by molar-refractivity contribution is -0.145. The molecule has 0 aromatic rings. The number of carbonyl (C=O) groups excluding carboxylic acids is 6. The predicted octanol–water partition coefficient (Wildman–Crippen LogP) is 2.60. The summed E-state index contributed by atoms with van der Waals surface area (Å²) < 4.78 is 10.7. The Morgan fingerprint density at radius 2 is 1.35 bits per heavy atom. The first kappa shape index (κ1) is 48.8. The van der Waals surface area contributed by atoms with Crippen LogP contribution in [-0.4, -0.2) is 114 Å². The van der Waals surface area contributed by atoms with Gasteiger partial charge in [-0.2, -0.15) is 0 Å². The van der Waals surface area contributed by atoms with Crippen molar-refractivity contribution in [3.63, 3.8) is 0 Å². The van der Waals surface area contributed by atoms with Crippen LogP contribution in [0.5, 0.6) is 0 Å². The highest BCUT2D eigenvalue weighted by molar-refractivity contribution is 5.90. The molecule has 0 heterocycles. The minimum Gasteiger partial charge on any atom is -0.481 e. The molecule has 6 N–H and O–H groups in total. The number of hydrogen-bond acceptors (Lipinski definition) is 11. The number of hydrogen-bond donors (Lipinski definition) is 6. The number of rotatable bonds is 33. The first-order chi connectivity index (χ1) is 26.2. The van der Waals surface area contributed by atoms with Crippen LogP contribution in [0.25, 0.3) is 0 Å². The number of carboxylic acids is 3. The molecule has 17 nitrogen and oxygen atoms in total. The minimum absolute atomic E-state index is 0.0201. The first-order valence-corrected chi connectivity index (χ1v) is 19.4. The lowest BCUT2D eigenvalue weighted by Gasteiger charge is -2.28. The van der Waals surface area contributed by atoms with Gasteiger partial charge in [0, 0.05) is 64.0 Å². The molecule has 0 saturated heterocycles. The van der Waals surface area contributed by atoms with Crippen molar-refractivity contribution in [3.05, 3.63) is 0 Å². The first-order valence-electron chi connectivity index (χ1n) is 19.4. The van der Waals surface area contributed by atoms with E-state index in [4.69, 9.17) is 19.7 Å². The molecule has 0 spiro atoms. The molecule has 1 rings (SSSR count). The van der Waals surface area contributed by atoms with Crippen molar-refractivity contribution in [2.45, 2.75) is 129 Å². The molecule has 312 valence electrons. The Morgan fingerprint density at radius 1 is 0.655 bits per heavy atom. The van der Waals surface area contributed by atoms with Gasteiger partial charge in [-0.05, 0) is 63.7 Å². The molecular formula is C38H61N3O14. The molecule has 2 atom stereocenters. The number of nitrogens with one attached hydrogen (secondary N) is 3. The molecule has 1 aliphatic carbocycles. The van der Waals surface area contributed by atoms with E-state index in [0.717, 1.165) is 19.3 Å². The van der Waals surface area contributed by atoms with Gasteiger partial charge in [-0.3, -0.25) is 43.2 Å². The van der Waals surface area contributed by atoms with Gasteiger partial charge in [-0.1, -0.05) is 19.8 Å². The maximum atomic E-state index is 13.0. The number of unbranched alkanes of at least 4 members (excludes halogenated alkanes) is 2. The number of amides is 3. The van der Waals surface area contributed by atoms with Crippen LogP contribution in [-0.2, 0) is 52.6 Å². The summed E-state index contributed by atoms with van der Waals surface area (Å²) in [4.78, 5) is 108. The summed E-state index contributed by atoms with van der Waals surface area (Å²) in [5.41, 5.74) is 0. The van der Waals surface area contributed by atoms with Crippen molar-refractivity contribution >= 4 is 53.0 Å². The van der Waals surface area contributed by atoms with Crippen molar-refractivity contribution in [1.29, 1.82) is 0 Å². The maximum absolute atomic E-state index is 13.0. The monoisotopic (exact) mass is 783 g/mol. The second-order valence-corrected chi connectivity index (χ2v) is 14.1. The van der Waals surface area contributed by atoms with Gasteiger partial charge < -0.3 is 40.7 Å². The Labute approximate surface area is 322 Å². The molecule has 0 bridgehead atoms. The highest BCUT2D eigenvalue weighted by Crippen LogP contribution is 2.31. The average Bonchev–Trinajstić information content (AvgIpc) is 3.14. The van der Waals surface area contributed by atoms with E-state index in [9.17, 15) is 48.3 Å². The molecule has 0 radical (unpaired) electrons. The fourth-order valence-corrected chi connectivity index (χ4v) is 6.13. The van der Waals surface area contributed by atoms with E-state index in [2.05, 4.69) is 16.0 Å². The normalized spacial score (nSPS) is 16.3. The summed E-state index contributed by atoms with van der Waals surface area (Å²) in [7, 11) is 0. The Morgan fingerprint density at radius 3 is 2.00 bits per heavy atom. The van der Waals surface area contributed by atoms with Crippen LogP contribution < -0.4 is 16.0 Å². The quantitative estimate of drug-likeness (QED) is 0.0523. The third-order valence-corrected chi connectivity index (χ3v) is 9.43. The van der Waals surface area contributed by atoms with Gasteiger partial charge in [0.25, 0.3) is 0 Å². The molecule has 0 unspecified atom stereocenters. The van der Waals surface area contributed by atoms with Crippen LogP contribution in [0.4, 0.5) is 0 Å². The van der Waals surface area contributed by atoms with E-state index in [1.54, 1.807) is 0 Å². The average molecular weight is 784 g/mol. The highest BCUT2D eigenvalue weighted by Gasteiger charge is 2.31. The minimum atomic E-state index is -1.22. The zero-order chi connectivity index (χ0) is 41.0. The summed E-state index contributed by atoms with van der Waals surface area (Å²) >= 11 is 0. The Bertz CT molecular complexity index is 1260. The molecule has 0 aliphatic heterocycles. The fourth-order valence-electron chi connectivity index (χ4n) is 6.13. The smallest absolute Gasteiger partial charge is 0.306 e. The van der Waals surface area contributed by atoms with E-state index in [0.29, 0.717) is 38.6 Å². The standard InChI is InChI=1S/C38H61N3O14/c1-2-3-4-7-29(42)24-40-35(47)25-55-21-20-54-19-6-8-31(43)30(16-18-37(50)51)41-34(46)17-15-28(38(52)53)22-32(44)27-13-11-26(12-14-27)23-39-33(45)9-5-10-36(48)49/h26-28,30H,2-25H2,1H3,(H,39,45)(H,40,47)(H,41,46)(H,48,49)(H,50,51)(H,52,53)/t26?,27?,28-,30+/m1/s1. The molecule has 0 aromatic carbocycles. The van der Waals surface area contributed by atoms with Gasteiger partial charge in [0.2, 0.25) is 17.7 Å². The number of carboxylic acid groups (broad SMARTS) is 3. The van der Waals surface area contributed by atoms with Gasteiger partial charge in [-0.25, -0.2) is 0 Å². The van der Waals surface area contributed by atoms with Crippen molar-refractivity contribution in [1.82, 2.24) is 16.0 Å². The summed E-state index contributed by atoms with van der Waals surface area (Å²) in [6.07, 6.45) is 4.93. The van der Waals surface area contributed by atoms with Crippen LogP contribution in [0.1, 0.15) is 122 Å². The second-order valence-electron chi connectivity index (χ2n) is 14.1. The summed E-state index contributed by atoms with van der Waals surface area (Å²) in [5.74, 6) is -6.56. The second kappa shape index (κ2) is 29.1. The Hall–Kier alpha value is -4.25. The Kier molecular flexibility index (Phi) is 25.8. The molecular weight excluding hydrogens is 722 g/mol. The molecule has 1 saturated carbocycles. The fraction of sp³-hybridized carbons (Fsp3) is 0.763. The third-order valence-electron chi connectivity index (χ3n) is 9.43. The van der Waals surface area contributed by atoms with E-state index in [1.165, 1.54) is 0 Å². The largest absolute Gasteiger partial charge is 0.481 e. The van der Waals surface area contributed by atoms with Crippen molar-refractivity contribution < 1.29 is 67.9 Å². The molecule has 1 aliphatic rings. The van der Waals surface area contributed by atoms with E-state index >= 15 is 0 Å². The molecule has 17 heteroatoms. The zero-order valence-electron chi connectivity index (χ0n) is 32.1. The maximum Gasteiger partial charge on any atom is 0.306 e. The Balaban J connectivity index is 2.40. The van der Waals surface area contributed by atoms with Crippen molar-refractivity contribution in [2.75, 3.05) is 39.5 Å². The van der Waals surface area contributed by atoms with Gasteiger partial charge in [-0.15, -0.1) is 0 Å². The van der Waals surface area contributed by atoms with Gasteiger partial charge in [0.15, 0.2) is 11.6 Å². The number of ketones is 3. The van der Waals surface area contributed by atoms with Crippen LogP contribution in [0.3, 0.4) is 0 Å². The van der Waals surface area contributed by atoms with Gasteiger partial charge >= 0.3 is 17.9 Å². The topological polar surface area (TPSA) is 269 Å². The number of carbonyl (C=O) groups is 9. The zero-order valence-corrected chi connectivity index (χ0v) is 32.1. The van der Waals surface area contributed by atoms with Crippen molar-refractivity contribution in [2.24, 2.45) is 17.8 Å². The summed E-state index contributed by atoms with van der Waals surface area (Å²) in [6.45, 7) is 2.60. The molecule has 55 heavy (non-hydrogen) atoms. The highest BCUT2D eigenvalue weighted by atomic mass is 16.5. The van der Waals surface area contributed by atoms with E-state index in [1.807, 2.05) is 6.92 Å². The summed E-state index contributed by atoms with van der Waals surface area (Å²) in [5, 5.41) is 35.4. The van der Waals surface area contributed by atoms with E-state index < -0.39 is 47.5 Å². The molecule has 3 amide bonds. The molecule has 0 aromatic heterocycles. The number of ether oxygens (including phenoxy) is 2. The molecule has 1 fully saturated rings.